The molecule has 1 aliphatic rings. The van der Waals surface area contributed by atoms with E-state index in [1.165, 1.54) is 23.1 Å². The van der Waals surface area contributed by atoms with Crippen LogP contribution < -0.4 is 11.1 Å². The van der Waals surface area contributed by atoms with E-state index in [-0.39, 0.29) is 19.0 Å². The van der Waals surface area contributed by atoms with Crippen LogP contribution >= 0.6 is 0 Å². The number of hydrogen-bond acceptors (Lipinski definition) is 4. The number of nitrogens with one attached hydrogen (secondary N) is 1. The van der Waals surface area contributed by atoms with Gasteiger partial charge in [0.1, 0.15) is 11.4 Å². The average Bonchev–Trinajstić information content (AvgIpc) is 2.79. The molecule has 2 atom stereocenters. The number of benzene rings is 1. The van der Waals surface area contributed by atoms with Crippen molar-refractivity contribution in [3.8, 4) is 0 Å². The third kappa shape index (κ3) is 4.66. The average molecular weight is 323 g/mol. The first-order valence-corrected chi connectivity index (χ1v) is 7.45. The summed E-state index contributed by atoms with van der Waals surface area (Å²) in [6, 6.07) is 5.13. The summed E-state index contributed by atoms with van der Waals surface area (Å²) in [5.41, 5.74) is 5.72. The number of anilines is 1. The lowest BCUT2D eigenvalue weighted by Crippen LogP contribution is -2.37. The Morgan fingerprint density at radius 1 is 1.35 bits per heavy atom. The van der Waals surface area contributed by atoms with E-state index in [1.807, 2.05) is 0 Å². The third-order valence-corrected chi connectivity index (χ3v) is 3.45. The van der Waals surface area contributed by atoms with Gasteiger partial charge in [0.25, 0.3) is 0 Å². The van der Waals surface area contributed by atoms with Crippen LogP contribution in [0.5, 0.6) is 0 Å². The third-order valence-electron chi connectivity index (χ3n) is 3.45. The van der Waals surface area contributed by atoms with Crippen molar-refractivity contribution in [2.24, 2.45) is 11.7 Å². The van der Waals surface area contributed by atoms with E-state index in [4.69, 9.17) is 10.5 Å². The highest BCUT2D eigenvalue weighted by Gasteiger charge is 2.39. The minimum absolute atomic E-state index is 0.178. The molecule has 1 heterocycles. The molecule has 2 rings (SSSR count). The molecule has 7 heteroatoms. The summed E-state index contributed by atoms with van der Waals surface area (Å²) in [4.78, 5) is 25.8. The molecule has 2 amide bonds. The largest absolute Gasteiger partial charge is 0.444 e. The van der Waals surface area contributed by atoms with Gasteiger partial charge in [0.2, 0.25) is 5.91 Å². The van der Waals surface area contributed by atoms with Gasteiger partial charge < -0.3 is 20.7 Å². The van der Waals surface area contributed by atoms with Crippen LogP contribution in [0.1, 0.15) is 20.8 Å². The van der Waals surface area contributed by atoms with Crippen LogP contribution in [0.3, 0.4) is 0 Å². The van der Waals surface area contributed by atoms with Crippen LogP contribution in [-0.4, -0.2) is 41.6 Å². The summed E-state index contributed by atoms with van der Waals surface area (Å²) >= 11 is 0. The molecule has 126 valence electrons. The Labute approximate surface area is 134 Å². The first-order valence-electron chi connectivity index (χ1n) is 7.45. The molecule has 0 bridgehead atoms. The number of ether oxygens (including phenoxy) is 1. The number of hydrogen-bond donors (Lipinski definition) is 2. The van der Waals surface area contributed by atoms with Crippen molar-refractivity contribution in [2.75, 3.05) is 18.4 Å². The Morgan fingerprint density at radius 3 is 2.65 bits per heavy atom. The smallest absolute Gasteiger partial charge is 0.410 e. The van der Waals surface area contributed by atoms with Crippen LogP contribution in [0, 0.1) is 11.7 Å². The highest BCUT2D eigenvalue weighted by molar-refractivity contribution is 5.93. The van der Waals surface area contributed by atoms with Crippen molar-refractivity contribution >= 4 is 17.7 Å². The lowest BCUT2D eigenvalue weighted by atomic mass is 10.0. The van der Waals surface area contributed by atoms with Gasteiger partial charge >= 0.3 is 6.09 Å². The van der Waals surface area contributed by atoms with E-state index in [0.29, 0.717) is 5.69 Å². The molecule has 1 saturated heterocycles. The topological polar surface area (TPSA) is 84.7 Å². The van der Waals surface area contributed by atoms with E-state index in [0.717, 1.165) is 0 Å². The zero-order valence-electron chi connectivity index (χ0n) is 13.5. The molecule has 0 spiro atoms. The Kier molecular flexibility index (Phi) is 4.89. The van der Waals surface area contributed by atoms with Gasteiger partial charge in [0, 0.05) is 24.8 Å². The summed E-state index contributed by atoms with van der Waals surface area (Å²) < 4.78 is 18.4. The van der Waals surface area contributed by atoms with Crippen molar-refractivity contribution in [1.29, 1.82) is 0 Å². The second-order valence-electron chi connectivity index (χ2n) is 6.66. The molecule has 0 saturated carbocycles. The van der Waals surface area contributed by atoms with Gasteiger partial charge in [-0.05, 0) is 39.0 Å². The lowest BCUT2D eigenvalue weighted by Gasteiger charge is -2.24. The molecule has 1 fully saturated rings. The zero-order chi connectivity index (χ0) is 17.2. The summed E-state index contributed by atoms with van der Waals surface area (Å²) in [5, 5.41) is 2.63. The molecular formula is C16H22FN3O3. The summed E-state index contributed by atoms with van der Waals surface area (Å²) in [7, 11) is 0. The molecule has 2 unspecified atom stereocenters. The minimum Gasteiger partial charge on any atom is -0.444 e. The maximum absolute atomic E-state index is 13.2. The van der Waals surface area contributed by atoms with Crippen LogP contribution in [-0.2, 0) is 9.53 Å². The number of halogens is 1. The van der Waals surface area contributed by atoms with Gasteiger partial charge in [0.05, 0.1) is 5.92 Å². The second-order valence-corrected chi connectivity index (χ2v) is 6.66. The van der Waals surface area contributed by atoms with Crippen molar-refractivity contribution in [3.05, 3.63) is 30.1 Å². The lowest BCUT2D eigenvalue weighted by molar-refractivity contribution is -0.119. The Hall–Kier alpha value is -2.15. The highest BCUT2D eigenvalue weighted by atomic mass is 19.1. The Balaban J connectivity index is 1.98. The minimum atomic E-state index is -0.608. The molecule has 1 aromatic carbocycles. The van der Waals surface area contributed by atoms with Crippen LogP contribution in [0.2, 0.25) is 0 Å². The molecule has 6 nitrogen and oxygen atoms in total. The van der Waals surface area contributed by atoms with E-state index in [1.54, 1.807) is 26.8 Å². The zero-order valence-corrected chi connectivity index (χ0v) is 13.5. The molecule has 1 aliphatic heterocycles. The fraction of sp³-hybridized carbons (Fsp3) is 0.500. The van der Waals surface area contributed by atoms with Gasteiger partial charge in [-0.15, -0.1) is 0 Å². The number of rotatable bonds is 2. The molecule has 0 radical (unpaired) electrons. The number of carbonyl (C=O) groups excluding carboxylic acids is 2. The fourth-order valence-corrected chi connectivity index (χ4v) is 2.38. The van der Waals surface area contributed by atoms with E-state index in [2.05, 4.69) is 5.32 Å². The van der Waals surface area contributed by atoms with E-state index >= 15 is 0 Å². The molecule has 3 N–H and O–H groups in total. The van der Waals surface area contributed by atoms with E-state index < -0.39 is 29.5 Å². The van der Waals surface area contributed by atoms with E-state index in [9.17, 15) is 14.0 Å². The number of likely N-dealkylation sites (tertiary alicyclic amines) is 1. The molecule has 0 aromatic heterocycles. The summed E-state index contributed by atoms with van der Waals surface area (Å²) in [6.07, 6.45) is -0.492. The summed E-state index contributed by atoms with van der Waals surface area (Å²) in [6.45, 7) is 5.74. The number of carbonyl (C=O) groups is 2. The monoisotopic (exact) mass is 323 g/mol. The Bertz CT molecular complexity index is 600. The second kappa shape index (κ2) is 6.54. The van der Waals surface area contributed by atoms with Crippen molar-refractivity contribution in [3.63, 3.8) is 0 Å². The first kappa shape index (κ1) is 17.2. The fourth-order valence-electron chi connectivity index (χ4n) is 2.38. The SMILES string of the molecule is CC(C)(C)OC(=O)N1CC(N)C(C(=O)Nc2cccc(F)c2)C1. The highest BCUT2D eigenvalue weighted by Crippen LogP contribution is 2.21. The molecular weight excluding hydrogens is 301 g/mol. The van der Waals surface area contributed by atoms with Crippen molar-refractivity contribution in [1.82, 2.24) is 4.90 Å². The molecule has 0 aliphatic carbocycles. The van der Waals surface area contributed by atoms with Gasteiger partial charge in [-0.25, -0.2) is 9.18 Å². The van der Waals surface area contributed by atoms with Crippen molar-refractivity contribution in [2.45, 2.75) is 32.4 Å². The quantitative estimate of drug-likeness (QED) is 0.871. The Morgan fingerprint density at radius 2 is 2.04 bits per heavy atom. The van der Waals surface area contributed by atoms with Crippen molar-refractivity contribution < 1.29 is 18.7 Å². The van der Waals surface area contributed by atoms with Crippen LogP contribution in [0.4, 0.5) is 14.9 Å². The normalized spacial score (nSPS) is 21.2. The predicted molar refractivity (Wildman–Crippen MR) is 84.3 cm³/mol. The number of nitrogens with zero attached hydrogens (tertiary/aromatic N) is 1. The maximum atomic E-state index is 13.2. The van der Waals surface area contributed by atoms with Gasteiger partial charge in [0.15, 0.2) is 0 Å². The van der Waals surface area contributed by atoms with Crippen LogP contribution in [0.15, 0.2) is 24.3 Å². The van der Waals surface area contributed by atoms with Gasteiger partial charge in [-0.1, -0.05) is 6.07 Å². The molecule has 23 heavy (non-hydrogen) atoms. The number of nitrogens with two attached hydrogens (primary N) is 1. The maximum Gasteiger partial charge on any atom is 0.410 e. The van der Waals surface area contributed by atoms with Gasteiger partial charge in [-0.3, -0.25) is 4.79 Å². The first-order chi connectivity index (χ1) is 10.7. The standard InChI is InChI=1S/C16H22FN3O3/c1-16(2,3)23-15(22)20-8-12(13(18)9-20)14(21)19-11-6-4-5-10(17)7-11/h4-7,12-13H,8-9,18H2,1-3H3,(H,19,21). The molecule has 1 aromatic rings. The predicted octanol–water partition coefficient (Wildman–Crippen LogP) is 1.96. The van der Waals surface area contributed by atoms with Crippen LogP contribution in [0.25, 0.3) is 0 Å². The summed E-state index contributed by atoms with van der Waals surface area (Å²) in [5.74, 6) is -1.34. The number of amides is 2. The van der Waals surface area contributed by atoms with Gasteiger partial charge in [-0.2, -0.15) is 0 Å².